The molecular weight excluding hydrogens is 220 g/mol. The summed E-state index contributed by atoms with van der Waals surface area (Å²) in [4.78, 5) is 24.7. The van der Waals surface area contributed by atoms with Crippen molar-refractivity contribution in [3.05, 3.63) is 0 Å². The van der Waals surface area contributed by atoms with Crippen LogP contribution in [0.4, 0.5) is 0 Å². The van der Waals surface area contributed by atoms with E-state index in [0.717, 1.165) is 0 Å². The maximum Gasteiger partial charge on any atom is 0.307 e. The van der Waals surface area contributed by atoms with E-state index in [1.807, 2.05) is 20.8 Å². The highest BCUT2D eigenvalue weighted by molar-refractivity contribution is 5.82. The van der Waals surface area contributed by atoms with Crippen molar-refractivity contribution in [2.24, 2.45) is 11.7 Å². The molecule has 1 amide bonds. The zero-order valence-corrected chi connectivity index (χ0v) is 11.2. The Bertz CT molecular complexity index is 254. The summed E-state index contributed by atoms with van der Waals surface area (Å²) >= 11 is 0. The van der Waals surface area contributed by atoms with Gasteiger partial charge < -0.3 is 15.4 Å². The zero-order chi connectivity index (χ0) is 13.4. The zero-order valence-electron chi connectivity index (χ0n) is 11.2. The van der Waals surface area contributed by atoms with E-state index in [1.165, 1.54) is 7.11 Å². The second kappa shape index (κ2) is 8.06. The van der Waals surface area contributed by atoms with Gasteiger partial charge in [0.2, 0.25) is 5.91 Å². The molecule has 1 atom stereocenters. The molecule has 0 fully saturated rings. The molecule has 5 nitrogen and oxygen atoms in total. The minimum absolute atomic E-state index is 0.0925. The Kier molecular flexibility index (Phi) is 7.54. The Hall–Kier alpha value is -1.10. The molecule has 0 aliphatic heterocycles. The SMILES string of the molecule is CC[C@@H](N)C(=O)N(CCC(=O)OC)CC(C)C. The number of ether oxygens (including phenoxy) is 1. The highest BCUT2D eigenvalue weighted by atomic mass is 16.5. The number of carbonyl (C=O) groups excluding carboxylic acids is 2. The Labute approximate surface area is 103 Å². The summed E-state index contributed by atoms with van der Waals surface area (Å²) in [6.45, 7) is 6.91. The van der Waals surface area contributed by atoms with E-state index in [9.17, 15) is 9.59 Å². The number of carbonyl (C=O) groups is 2. The van der Waals surface area contributed by atoms with Crippen molar-refractivity contribution < 1.29 is 14.3 Å². The fraction of sp³-hybridized carbons (Fsp3) is 0.833. The first-order chi connectivity index (χ1) is 7.92. The molecule has 0 aromatic carbocycles. The lowest BCUT2D eigenvalue weighted by molar-refractivity contribution is -0.142. The predicted octanol–water partition coefficient (Wildman–Crippen LogP) is 0.771. The van der Waals surface area contributed by atoms with E-state index in [4.69, 9.17) is 5.73 Å². The van der Waals surface area contributed by atoms with Crippen LogP contribution >= 0.6 is 0 Å². The van der Waals surface area contributed by atoms with Crippen LogP contribution in [0.5, 0.6) is 0 Å². The number of amides is 1. The normalized spacial score (nSPS) is 12.4. The lowest BCUT2D eigenvalue weighted by atomic mass is 10.1. The third kappa shape index (κ3) is 6.26. The van der Waals surface area contributed by atoms with Gasteiger partial charge in [-0.25, -0.2) is 0 Å². The van der Waals surface area contributed by atoms with E-state index in [0.29, 0.717) is 25.4 Å². The third-order valence-corrected chi connectivity index (χ3v) is 2.47. The molecule has 0 spiro atoms. The maximum absolute atomic E-state index is 12.0. The second-order valence-electron chi connectivity index (χ2n) is 4.52. The molecule has 0 radical (unpaired) electrons. The molecular formula is C12H24N2O3. The summed E-state index contributed by atoms with van der Waals surface area (Å²) in [6, 6.07) is -0.480. The summed E-state index contributed by atoms with van der Waals surface area (Å²) in [7, 11) is 1.34. The first-order valence-electron chi connectivity index (χ1n) is 6.03. The molecule has 100 valence electrons. The Morgan fingerprint density at radius 3 is 2.35 bits per heavy atom. The molecule has 17 heavy (non-hydrogen) atoms. The molecule has 2 N–H and O–H groups in total. The summed E-state index contributed by atoms with van der Waals surface area (Å²) in [5.74, 6) is -0.0533. The molecule has 0 saturated heterocycles. The van der Waals surface area contributed by atoms with Crippen molar-refractivity contribution in [3.8, 4) is 0 Å². The molecule has 0 heterocycles. The fourth-order valence-electron chi connectivity index (χ4n) is 1.47. The molecule has 0 aliphatic carbocycles. The van der Waals surface area contributed by atoms with Crippen molar-refractivity contribution in [1.82, 2.24) is 4.90 Å². The van der Waals surface area contributed by atoms with E-state index in [-0.39, 0.29) is 18.3 Å². The molecule has 0 bridgehead atoms. The lowest BCUT2D eigenvalue weighted by Crippen LogP contribution is -2.45. The van der Waals surface area contributed by atoms with Gasteiger partial charge in [-0.15, -0.1) is 0 Å². The first-order valence-corrected chi connectivity index (χ1v) is 6.03. The van der Waals surface area contributed by atoms with Gasteiger partial charge in [-0.2, -0.15) is 0 Å². The molecule has 0 aliphatic rings. The Morgan fingerprint density at radius 1 is 1.35 bits per heavy atom. The van der Waals surface area contributed by atoms with E-state index < -0.39 is 6.04 Å². The van der Waals surface area contributed by atoms with Crippen LogP contribution in [0.3, 0.4) is 0 Å². The van der Waals surface area contributed by atoms with Crippen molar-refractivity contribution in [1.29, 1.82) is 0 Å². The number of esters is 1. The standard InChI is InChI=1S/C12H24N2O3/c1-5-10(13)12(16)14(8-9(2)3)7-6-11(15)17-4/h9-10H,5-8,13H2,1-4H3/t10-/m1/s1. The van der Waals surface area contributed by atoms with Crippen molar-refractivity contribution in [2.45, 2.75) is 39.7 Å². The first kappa shape index (κ1) is 15.9. The van der Waals surface area contributed by atoms with Crippen LogP contribution in [0.15, 0.2) is 0 Å². The van der Waals surface area contributed by atoms with Gasteiger partial charge >= 0.3 is 5.97 Å². The van der Waals surface area contributed by atoms with Gasteiger partial charge in [0.1, 0.15) is 0 Å². The highest BCUT2D eigenvalue weighted by Gasteiger charge is 2.21. The fourth-order valence-corrected chi connectivity index (χ4v) is 1.47. The minimum atomic E-state index is -0.480. The van der Waals surface area contributed by atoms with Gasteiger partial charge in [-0.3, -0.25) is 9.59 Å². The number of hydrogen-bond acceptors (Lipinski definition) is 4. The lowest BCUT2D eigenvalue weighted by Gasteiger charge is -2.26. The highest BCUT2D eigenvalue weighted by Crippen LogP contribution is 2.04. The van der Waals surface area contributed by atoms with E-state index in [2.05, 4.69) is 4.74 Å². The molecule has 0 rings (SSSR count). The second-order valence-corrected chi connectivity index (χ2v) is 4.52. The van der Waals surface area contributed by atoms with Crippen LogP contribution in [-0.4, -0.2) is 43.0 Å². The molecule has 0 unspecified atom stereocenters. The number of hydrogen-bond donors (Lipinski definition) is 1. The van der Waals surface area contributed by atoms with Crippen LogP contribution in [-0.2, 0) is 14.3 Å². The number of rotatable bonds is 7. The number of nitrogens with two attached hydrogens (primary N) is 1. The van der Waals surface area contributed by atoms with Crippen molar-refractivity contribution in [2.75, 3.05) is 20.2 Å². The predicted molar refractivity (Wildman–Crippen MR) is 66.3 cm³/mol. The van der Waals surface area contributed by atoms with Crippen molar-refractivity contribution >= 4 is 11.9 Å². The summed E-state index contributed by atoms with van der Waals surface area (Å²) in [5, 5.41) is 0. The summed E-state index contributed by atoms with van der Waals surface area (Å²) in [6.07, 6.45) is 0.817. The maximum atomic E-state index is 12.0. The van der Waals surface area contributed by atoms with Crippen LogP contribution < -0.4 is 5.73 Å². The van der Waals surface area contributed by atoms with Gasteiger partial charge in [-0.05, 0) is 12.3 Å². The van der Waals surface area contributed by atoms with Crippen molar-refractivity contribution in [3.63, 3.8) is 0 Å². The largest absolute Gasteiger partial charge is 0.469 e. The number of methoxy groups -OCH3 is 1. The van der Waals surface area contributed by atoms with Gasteiger partial charge in [0.05, 0.1) is 19.6 Å². The average molecular weight is 244 g/mol. The molecule has 5 heteroatoms. The third-order valence-electron chi connectivity index (χ3n) is 2.47. The van der Waals surface area contributed by atoms with Gasteiger partial charge in [0, 0.05) is 13.1 Å². The van der Waals surface area contributed by atoms with Gasteiger partial charge in [0.25, 0.3) is 0 Å². The average Bonchev–Trinajstić information content (AvgIpc) is 2.31. The van der Waals surface area contributed by atoms with E-state index >= 15 is 0 Å². The summed E-state index contributed by atoms with van der Waals surface area (Å²) < 4.78 is 4.56. The monoisotopic (exact) mass is 244 g/mol. The quantitative estimate of drug-likeness (QED) is 0.671. The molecule has 0 aromatic heterocycles. The number of nitrogens with zero attached hydrogens (tertiary/aromatic N) is 1. The van der Waals surface area contributed by atoms with Crippen LogP contribution in [0, 0.1) is 5.92 Å². The molecule has 0 saturated carbocycles. The van der Waals surface area contributed by atoms with E-state index in [1.54, 1.807) is 4.90 Å². The van der Waals surface area contributed by atoms with Gasteiger partial charge in [-0.1, -0.05) is 20.8 Å². The summed E-state index contributed by atoms with van der Waals surface area (Å²) in [5.41, 5.74) is 5.72. The van der Waals surface area contributed by atoms with Crippen LogP contribution in [0.25, 0.3) is 0 Å². The molecule has 0 aromatic rings. The van der Waals surface area contributed by atoms with Crippen LogP contribution in [0.2, 0.25) is 0 Å². The minimum Gasteiger partial charge on any atom is -0.469 e. The Balaban J connectivity index is 4.42. The smallest absolute Gasteiger partial charge is 0.307 e. The van der Waals surface area contributed by atoms with Gasteiger partial charge in [0.15, 0.2) is 0 Å². The Morgan fingerprint density at radius 2 is 1.94 bits per heavy atom. The topological polar surface area (TPSA) is 72.6 Å². The van der Waals surface area contributed by atoms with Crippen LogP contribution in [0.1, 0.15) is 33.6 Å².